The monoisotopic (exact) mass is 144 g/mol. The maximum atomic E-state index is 5.60. The van der Waals surface area contributed by atoms with Crippen LogP contribution in [-0.4, -0.2) is 18.5 Å². The molecule has 2 atom stereocenters. The third-order valence-electron chi connectivity index (χ3n) is 2.02. The van der Waals surface area contributed by atoms with Crippen molar-refractivity contribution in [2.75, 3.05) is 6.61 Å². The Morgan fingerprint density at radius 3 is 2.70 bits per heavy atom. The Bertz CT molecular complexity index is 114. The second-order valence-corrected chi connectivity index (χ2v) is 3.05. The summed E-state index contributed by atoms with van der Waals surface area (Å²) in [6.45, 7) is 7.02. The second-order valence-electron chi connectivity index (χ2n) is 3.05. The molecular formula is C8H16O2. The van der Waals surface area contributed by atoms with Crippen molar-refractivity contribution in [1.29, 1.82) is 0 Å². The van der Waals surface area contributed by atoms with Gasteiger partial charge in [-0.25, -0.2) is 0 Å². The van der Waals surface area contributed by atoms with Crippen LogP contribution in [0.2, 0.25) is 0 Å². The molecule has 0 saturated carbocycles. The number of rotatable bonds is 1. The molecule has 0 amide bonds. The summed E-state index contributed by atoms with van der Waals surface area (Å²) in [6.07, 6.45) is 2.31. The first-order valence-corrected chi connectivity index (χ1v) is 3.98. The van der Waals surface area contributed by atoms with Crippen molar-refractivity contribution >= 4 is 0 Å². The number of ether oxygens (including phenoxy) is 2. The van der Waals surface area contributed by atoms with Crippen LogP contribution in [0.1, 0.15) is 33.6 Å². The van der Waals surface area contributed by atoms with Crippen LogP contribution in [0.4, 0.5) is 0 Å². The Hall–Kier alpha value is -0.0800. The lowest BCUT2D eigenvalue weighted by Crippen LogP contribution is -2.40. The van der Waals surface area contributed by atoms with E-state index in [0.29, 0.717) is 6.10 Å². The first-order chi connectivity index (χ1) is 4.66. The normalized spacial score (nSPS) is 41.7. The van der Waals surface area contributed by atoms with Gasteiger partial charge in [-0.15, -0.1) is 0 Å². The smallest absolute Gasteiger partial charge is 0.165 e. The quantitative estimate of drug-likeness (QED) is 0.560. The lowest BCUT2D eigenvalue weighted by molar-refractivity contribution is -0.280. The molecule has 1 heterocycles. The van der Waals surface area contributed by atoms with E-state index in [1.165, 1.54) is 0 Å². The molecule has 0 bridgehead atoms. The van der Waals surface area contributed by atoms with Crippen LogP contribution in [0.15, 0.2) is 0 Å². The highest BCUT2D eigenvalue weighted by Crippen LogP contribution is 2.24. The van der Waals surface area contributed by atoms with E-state index in [1.807, 2.05) is 6.92 Å². The van der Waals surface area contributed by atoms with E-state index >= 15 is 0 Å². The molecule has 2 nitrogen and oxygen atoms in total. The van der Waals surface area contributed by atoms with E-state index in [0.717, 1.165) is 19.4 Å². The Kier molecular flexibility index (Phi) is 2.32. The topological polar surface area (TPSA) is 18.5 Å². The van der Waals surface area contributed by atoms with Crippen LogP contribution in [0.3, 0.4) is 0 Å². The summed E-state index contributed by atoms with van der Waals surface area (Å²) in [7, 11) is 0. The molecule has 60 valence electrons. The van der Waals surface area contributed by atoms with E-state index in [9.17, 15) is 0 Å². The summed E-state index contributed by atoms with van der Waals surface area (Å²) in [5.41, 5.74) is 0. The summed E-state index contributed by atoms with van der Waals surface area (Å²) < 4.78 is 11.1. The van der Waals surface area contributed by atoms with Crippen molar-refractivity contribution in [1.82, 2.24) is 0 Å². The number of hydrogen-bond donors (Lipinski definition) is 0. The highest BCUT2D eigenvalue weighted by molar-refractivity contribution is 4.68. The van der Waals surface area contributed by atoms with E-state index in [1.54, 1.807) is 0 Å². The fourth-order valence-corrected chi connectivity index (χ4v) is 1.14. The van der Waals surface area contributed by atoms with E-state index < -0.39 is 0 Å². The zero-order chi connectivity index (χ0) is 7.61. The minimum Gasteiger partial charge on any atom is -0.350 e. The van der Waals surface area contributed by atoms with E-state index in [4.69, 9.17) is 9.47 Å². The van der Waals surface area contributed by atoms with Gasteiger partial charge in [-0.05, 0) is 26.7 Å². The fourth-order valence-electron chi connectivity index (χ4n) is 1.14. The van der Waals surface area contributed by atoms with Gasteiger partial charge in [0.2, 0.25) is 0 Å². The van der Waals surface area contributed by atoms with Crippen LogP contribution < -0.4 is 0 Å². The van der Waals surface area contributed by atoms with Crippen molar-refractivity contribution in [2.45, 2.75) is 45.5 Å². The molecule has 0 spiro atoms. The van der Waals surface area contributed by atoms with Gasteiger partial charge in [0.15, 0.2) is 5.79 Å². The third-order valence-corrected chi connectivity index (χ3v) is 2.02. The largest absolute Gasteiger partial charge is 0.350 e. The molecule has 1 aliphatic heterocycles. The molecule has 0 N–H and O–H groups in total. The van der Waals surface area contributed by atoms with Crippen molar-refractivity contribution < 1.29 is 9.47 Å². The molecule has 2 unspecified atom stereocenters. The average molecular weight is 144 g/mol. The molecule has 1 rings (SSSR count). The van der Waals surface area contributed by atoms with Crippen LogP contribution in [0, 0.1) is 0 Å². The Morgan fingerprint density at radius 1 is 1.60 bits per heavy atom. The molecule has 1 aliphatic rings. The molecule has 1 saturated heterocycles. The van der Waals surface area contributed by atoms with Gasteiger partial charge in [-0.1, -0.05) is 6.92 Å². The average Bonchev–Trinajstić information content (AvgIpc) is 1.88. The van der Waals surface area contributed by atoms with Crippen LogP contribution >= 0.6 is 0 Å². The molecule has 0 aromatic carbocycles. The summed E-state index contributed by atoms with van der Waals surface area (Å²) >= 11 is 0. The van der Waals surface area contributed by atoms with Crippen molar-refractivity contribution in [3.05, 3.63) is 0 Å². The molecule has 0 aromatic heterocycles. The second kappa shape index (κ2) is 2.89. The van der Waals surface area contributed by atoms with Gasteiger partial charge >= 0.3 is 0 Å². The molecule has 0 aromatic rings. The Morgan fingerprint density at radius 2 is 2.30 bits per heavy atom. The molecule has 0 aliphatic carbocycles. The van der Waals surface area contributed by atoms with Gasteiger partial charge in [-0.2, -0.15) is 0 Å². The van der Waals surface area contributed by atoms with Gasteiger partial charge in [-0.3, -0.25) is 0 Å². The third kappa shape index (κ3) is 1.70. The Balaban J connectivity index is 2.45. The fraction of sp³-hybridized carbons (Fsp3) is 1.00. The summed E-state index contributed by atoms with van der Waals surface area (Å²) in [5.74, 6) is -0.308. The zero-order valence-electron chi connectivity index (χ0n) is 7.02. The van der Waals surface area contributed by atoms with Gasteiger partial charge < -0.3 is 9.47 Å². The number of hydrogen-bond acceptors (Lipinski definition) is 2. The van der Waals surface area contributed by atoms with E-state index in [2.05, 4.69) is 13.8 Å². The maximum absolute atomic E-state index is 5.60. The van der Waals surface area contributed by atoms with Crippen LogP contribution in [0.25, 0.3) is 0 Å². The Labute approximate surface area is 62.5 Å². The van der Waals surface area contributed by atoms with Gasteiger partial charge in [0.05, 0.1) is 12.7 Å². The minimum atomic E-state index is -0.308. The lowest BCUT2D eigenvalue weighted by Gasteiger charge is -2.36. The SMILES string of the molecule is CCC1(C)OCCC(C)O1. The van der Waals surface area contributed by atoms with Crippen molar-refractivity contribution in [3.8, 4) is 0 Å². The summed E-state index contributed by atoms with van der Waals surface area (Å²) in [6, 6.07) is 0. The first kappa shape index (κ1) is 8.02. The predicted octanol–water partition coefficient (Wildman–Crippen LogP) is 1.94. The molecule has 10 heavy (non-hydrogen) atoms. The van der Waals surface area contributed by atoms with Crippen LogP contribution in [0.5, 0.6) is 0 Å². The minimum absolute atomic E-state index is 0.308. The first-order valence-electron chi connectivity index (χ1n) is 3.98. The lowest BCUT2D eigenvalue weighted by atomic mass is 10.2. The predicted molar refractivity (Wildman–Crippen MR) is 39.8 cm³/mol. The highest BCUT2D eigenvalue weighted by atomic mass is 16.7. The van der Waals surface area contributed by atoms with Gasteiger partial charge in [0.25, 0.3) is 0 Å². The van der Waals surface area contributed by atoms with Gasteiger partial charge in [0.1, 0.15) is 0 Å². The molecule has 0 radical (unpaired) electrons. The van der Waals surface area contributed by atoms with Gasteiger partial charge in [0, 0.05) is 0 Å². The molecule has 2 heteroatoms. The zero-order valence-corrected chi connectivity index (χ0v) is 7.02. The standard InChI is InChI=1S/C8H16O2/c1-4-8(3)9-6-5-7(2)10-8/h7H,4-6H2,1-3H3. The molecular weight excluding hydrogens is 128 g/mol. The van der Waals surface area contributed by atoms with Crippen LogP contribution in [-0.2, 0) is 9.47 Å². The highest BCUT2D eigenvalue weighted by Gasteiger charge is 2.29. The molecule has 1 fully saturated rings. The summed E-state index contributed by atoms with van der Waals surface area (Å²) in [4.78, 5) is 0. The van der Waals surface area contributed by atoms with Crippen molar-refractivity contribution in [2.24, 2.45) is 0 Å². The summed E-state index contributed by atoms with van der Waals surface area (Å²) in [5, 5.41) is 0. The van der Waals surface area contributed by atoms with Crippen molar-refractivity contribution in [3.63, 3.8) is 0 Å². The maximum Gasteiger partial charge on any atom is 0.165 e. The van der Waals surface area contributed by atoms with E-state index in [-0.39, 0.29) is 5.79 Å².